The van der Waals surface area contributed by atoms with Crippen molar-refractivity contribution in [1.82, 2.24) is 4.98 Å². The number of hydrogen-bond acceptors (Lipinski definition) is 6. The molecule has 0 bridgehead atoms. The minimum Gasteiger partial charge on any atom is -0.496 e. The SMILES string of the molecule is COc1cc(OC(=O)c2cccnc2C)ccc1-c1ccc2c(c1C(N)c1cc(F)ccc1C)C(C)=CC(C)(C)N2. The van der Waals surface area contributed by atoms with Crippen LogP contribution in [0.3, 0.4) is 0 Å². The number of fused-ring (bicyclic) bond motifs is 1. The van der Waals surface area contributed by atoms with E-state index in [1.165, 1.54) is 12.1 Å². The largest absolute Gasteiger partial charge is 0.496 e. The first-order chi connectivity index (χ1) is 19.5. The molecule has 7 heteroatoms. The maximum Gasteiger partial charge on any atom is 0.345 e. The molecule has 1 aliphatic rings. The molecular formula is C34H34FN3O3. The topological polar surface area (TPSA) is 86.5 Å². The van der Waals surface area contributed by atoms with Gasteiger partial charge < -0.3 is 20.5 Å². The predicted octanol–water partition coefficient (Wildman–Crippen LogP) is 7.39. The number of carbonyl (C=O) groups is 1. The van der Waals surface area contributed by atoms with Gasteiger partial charge in [0.1, 0.15) is 17.3 Å². The van der Waals surface area contributed by atoms with Crippen LogP contribution in [0.1, 0.15) is 65.1 Å². The summed E-state index contributed by atoms with van der Waals surface area (Å²) in [5.41, 5.74) is 14.8. The fourth-order valence-electron chi connectivity index (χ4n) is 5.62. The van der Waals surface area contributed by atoms with Crippen molar-refractivity contribution >= 4 is 17.2 Å². The predicted molar refractivity (Wildman–Crippen MR) is 161 cm³/mol. The van der Waals surface area contributed by atoms with E-state index in [-0.39, 0.29) is 11.4 Å². The molecule has 0 spiro atoms. The molecule has 1 aliphatic heterocycles. The van der Waals surface area contributed by atoms with Crippen LogP contribution >= 0.6 is 0 Å². The van der Waals surface area contributed by atoms with Gasteiger partial charge in [0.15, 0.2) is 0 Å². The minimum absolute atomic E-state index is 0.245. The number of hydrogen-bond donors (Lipinski definition) is 2. The number of nitrogens with two attached hydrogens (primary N) is 1. The lowest BCUT2D eigenvalue weighted by molar-refractivity contribution is 0.0733. The molecule has 0 saturated carbocycles. The third kappa shape index (κ3) is 5.45. The second-order valence-electron chi connectivity index (χ2n) is 11.0. The molecule has 0 fully saturated rings. The number of rotatable bonds is 6. The first-order valence-electron chi connectivity index (χ1n) is 13.5. The summed E-state index contributed by atoms with van der Waals surface area (Å²) >= 11 is 0. The molecule has 210 valence electrons. The van der Waals surface area contributed by atoms with Crippen LogP contribution in [0.2, 0.25) is 0 Å². The van der Waals surface area contributed by atoms with E-state index in [1.807, 2.05) is 25.1 Å². The van der Waals surface area contributed by atoms with Crippen molar-refractivity contribution in [2.45, 2.75) is 46.2 Å². The van der Waals surface area contributed by atoms with Crippen LogP contribution < -0.4 is 20.5 Å². The molecule has 3 N–H and O–H groups in total. The number of pyridine rings is 1. The first-order valence-corrected chi connectivity index (χ1v) is 13.5. The lowest BCUT2D eigenvalue weighted by Crippen LogP contribution is -2.32. The van der Waals surface area contributed by atoms with Gasteiger partial charge in [-0.1, -0.05) is 18.2 Å². The van der Waals surface area contributed by atoms with Gasteiger partial charge in [0.2, 0.25) is 0 Å². The molecule has 0 radical (unpaired) electrons. The summed E-state index contributed by atoms with van der Waals surface area (Å²) in [6.45, 7) is 9.98. The normalized spacial score (nSPS) is 14.4. The number of esters is 1. The van der Waals surface area contributed by atoms with Crippen molar-refractivity contribution in [2.24, 2.45) is 5.73 Å². The van der Waals surface area contributed by atoms with Gasteiger partial charge in [0.25, 0.3) is 0 Å². The average Bonchev–Trinajstić information content (AvgIpc) is 2.93. The molecule has 1 aromatic heterocycles. The summed E-state index contributed by atoms with van der Waals surface area (Å²) in [5, 5.41) is 3.60. The highest BCUT2D eigenvalue weighted by molar-refractivity contribution is 5.93. The van der Waals surface area contributed by atoms with Crippen molar-refractivity contribution in [2.75, 3.05) is 12.4 Å². The van der Waals surface area contributed by atoms with Gasteiger partial charge in [-0.3, -0.25) is 4.98 Å². The lowest BCUT2D eigenvalue weighted by atomic mass is 9.80. The first kappa shape index (κ1) is 28.1. The van der Waals surface area contributed by atoms with Crippen LogP contribution in [0.5, 0.6) is 11.5 Å². The molecular weight excluding hydrogens is 517 g/mol. The standard InChI is InChI=1S/C34H34FN3O3/c1-19-9-10-22(35)16-27(19)32(36)31-26(13-14-28-30(31)20(2)18-34(4,5)38-28)25-12-11-23(17-29(25)40-6)41-33(39)24-8-7-15-37-21(24)3/h7-18,32,38H,36H2,1-6H3. The highest BCUT2D eigenvalue weighted by atomic mass is 19.1. The fourth-order valence-corrected chi connectivity index (χ4v) is 5.62. The maximum atomic E-state index is 14.4. The molecule has 2 heterocycles. The van der Waals surface area contributed by atoms with Gasteiger partial charge in [-0.05, 0) is 105 Å². The summed E-state index contributed by atoms with van der Waals surface area (Å²) in [4.78, 5) is 17.0. The Morgan fingerprint density at radius 3 is 2.51 bits per heavy atom. The molecule has 3 aromatic carbocycles. The fraction of sp³-hybridized carbons (Fsp3) is 0.235. The molecule has 5 rings (SSSR count). The van der Waals surface area contributed by atoms with E-state index in [9.17, 15) is 9.18 Å². The molecule has 41 heavy (non-hydrogen) atoms. The Balaban J connectivity index is 1.65. The smallest absolute Gasteiger partial charge is 0.345 e. The zero-order valence-corrected chi connectivity index (χ0v) is 24.1. The number of aryl methyl sites for hydroxylation is 2. The Kier molecular flexibility index (Phi) is 7.41. The van der Waals surface area contributed by atoms with E-state index in [2.05, 4.69) is 37.1 Å². The van der Waals surface area contributed by atoms with Crippen LogP contribution in [0.15, 0.2) is 72.9 Å². The number of nitrogens with zero attached hydrogens (tertiary/aromatic N) is 1. The molecule has 0 saturated heterocycles. The van der Waals surface area contributed by atoms with E-state index in [0.717, 1.165) is 39.1 Å². The third-order valence-electron chi connectivity index (χ3n) is 7.46. The van der Waals surface area contributed by atoms with Crippen LogP contribution in [0, 0.1) is 19.7 Å². The number of carbonyl (C=O) groups excluding carboxylic acids is 1. The van der Waals surface area contributed by atoms with E-state index in [4.69, 9.17) is 15.2 Å². The number of allylic oxidation sites excluding steroid dienone is 1. The molecule has 0 aliphatic carbocycles. The van der Waals surface area contributed by atoms with Crippen molar-refractivity contribution in [1.29, 1.82) is 0 Å². The van der Waals surface area contributed by atoms with Gasteiger partial charge in [0, 0.05) is 29.1 Å². The molecule has 1 atom stereocenters. The molecule has 4 aromatic rings. The van der Waals surface area contributed by atoms with Crippen LogP contribution in [-0.2, 0) is 0 Å². The van der Waals surface area contributed by atoms with Crippen molar-refractivity contribution < 1.29 is 18.7 Å². The number of ether oxygens (including phenoxy) is 2. The van der Waals surface area contributed by atoms with Gasteiger partial charge in [-0.15, -0.1) is 0 Å². The third-order valence-corrected chi connectivity index (χ3v) is 7.46. The average molecular weight is 552 g/mol. The Hall–Kier alpha value is -4.49. The summed E-state index contributed by atoms with van der Waals surface area (Å²) in [6.07, 6.45) is 3.80. The van der Waals surface area contributed by atoms with E-state index in [0.29, 0.717) is 28.3 Å². The number of methoxy groups -OCH3 is 1. The van der Waals surface area contributed by atoms with Gasteiger partial charge in [-0.2, -0.15) is 0 Å². The Morgan fingerprint density at radius 1 is 1.02 bits per heavy atom. The summed E-state index contributed by atoms with van der Waals surface area (Å²) in [6, 6.07) is 16.8. The zero-order valence-electron chi connectivity index (χ0n) is 24.1. The van der Waals surface area contributed by atoms with Gasteiger partial charge >= 0.3 is 5.97 Å². The van der Waals surface area contributed by atoms with Crippen molar-refractivity contribution in [3.05, 3.63) is 112 Å². The number of halogens is 1. The van der Waals surface area contributed by atoms with Gasteiger partial charge in [-0.25, -0.2) is 9.18 Å². The quantitative estimate of drug-likeness (QED) is 0.192. The van der Waals surface area contributed by atoms with E-state index >= 15 is 0 Å². The Bertz CT molecular complexity index is 1690. The van der Waals surface area contributed by atoms with Crippen LogP contribution in [-0.4, -0.2) is 23.6 Å². The highest BCUT2D eigenvalue weighted by Crippen LogP contribution is 2.46. The Morgan fingerprint density at radius 2 is 1.78 bits per heavy atom. The monoisotopic (exact) mass is 551 g/mol. The minimum atomic E-state index is -0.627. The van der Waals surface area contributed by atoms with E-state index in [1.54, 1.807) is 50.6 Å². The summed E-state index contributed by atoms with van der Waals surface area (Å²) in [7, 11) is 1.57. The summed E-state index contributed by atoms with van der Waals surface area (Å²) < 4.78 is 25.9. The van der Waals surface area contributed by atoms with Gasteiger partial charge in [0.05, 0.1) is 29.9 Å². The molecule has 0 amide bonds. The lowest BCUT2D eigenvalue weighted by Gasteiger charge is -2.35. The highest BCUT2D eigenvalue weighted by Gasteiger charge is 2.30. The zero-order chi connectivity index (χ0) is 29.5. The van der Waals surface area contributed by atoms with Crippen LogP contribution in [0.4, 0.5) is 10.1 Å². The Labute approximate surface area is 240 Å². The van der Waals surface area contributed by atoms with Crippen molar-refractivity contribution in [3.8, 4) is 22.6 Å². The second-order valence-corrected chi connectivity index (χ2v) is 11.0. The van der Waals surface area contributed by atoms with Crippen molar-refractivity contribution in [3.63, 3.8) is 0 Å². The number of anilines is 1. The number of nitrogens with one attached hydrogen (secondary N) is 1. The van der Waals surface area contributed by atoms with Crippen LogP contribution in [0.25, 0.3) is 16.7 Å². The molecule has 1 unspecified atom stereocenters. The summed E-state index contributed by atoms with van der Waals surface area (Å²) in [5.74, 6) is 0.000817. The maximum absolute atomic E-state index is 14.4. The number of benzene rings is 3. The van der Waals surface area contributed by atoms with E-state index < -0.39 is 12.0 Å². The number of aromatic nitrogens is 1. The molecule has 6 nitrogen and oxygen atoms in total. The second kappa shape index (κ2) is 10.8.